The molecule has 2 heterocycles. The Balaban J connectivity index is 1.46. The third-order valence-electron chi connectivity index (χ3n) is 6.37. The fraction of sp³-hybridized carbons (Fsp3) is 0.682. The molecule has 1 aromatic rings. The number of rotatable bonds is 5. The van der Waals surface area contributed by atoms with E-state index in [0.29, 0.717) is 18.5 Å². The summed E-state index contributed by atoms with van der Waals surface area (Å²) in [6, 6.07) is 7.14. The number of hydrogen-bond acceptors (Lipinski definition) is 4. The Labute approximate surface area is 164 Å². The lowest BCUT2D eigenvalue weighted by Crippen LogP contribution is -2.55. The average molecular weight is 373 g/mol. The number of carbonyl (C=O) groups is 1. The third kappa shape index (κ3) is 4.82. The quantitative estimate of drug-likeness (QED) is 0.794. The van der Waals surface area contributed by atoms with Crippen molar-refractivity contribution in [2.45, 2.75) is 40.2 Å². The van der Waals surface area contributed by atoms with Crippen LogP contribution in [-0.4, -0.2) is 85.6 Å². The molecule has 1 atom stereocenters. The van der Waals surface area contributed by atoms with Crippen molar-refractivity contribution in [3.05, 3.63) is 29.3 Å². The topological polar surface area (TPSA) is 30.0 Å². The van der Waals surface area contributed by atoms with Gasteiger partial charge in [0.2, 0.25) is 5.91 Å². The Kier molecular flexibility index (Phi) is 6.77. The summed E-state index contributed by atoms with van der Waals surface area (Å²) in [7, 11) is 0. The highest BCUT2D eigenvalue weighted by atomic mass is 16.2. The number of aryl methyl sites for hydroxylation is 2. The second-order valence-corrected chi connectivity index (χ2v) is 8.18. The van der Waals surface area contributed by atoms with Gasteiger partial charge in [0.25, 0.3) is 0 Å². The van der Waals surface area contributed by atoms with Crippen LogP contribution in [0.1, 0.15) is 31.4 Å². The fourth-order valence-electron chi connectivity index (χ4n) is 4.40. The van der Waals surface area contributed by atoms with Crippen LogP contribution in [0, 0.1) is 13.8 Å². The van der Waals surface area contributed by atoms with Gasteiger partial charge in [-0.05, 0) is 38.3 Å². The maximum atomic E-state index is 12.7. The zero-order chi connectivity index (χ0) is 19.4. The van der Waals surface area contributed by atoms with E-state index in [1.807, 2.05) is 0 Å². The number of anilines is 1. The average Bonchev–Trinajstić information content (AvgIpc) is 2.68. The first-order valence-electron chi connectivity index (χ1n) is 10.5. The summed E-state index contributed by atoms with van der Waals surface area (Å²) in [5.41, 5.74) is 4.07. The van der Waals surface area contributed by atoms with Gasteiger partial charge in [-0.15, -0.1) is 0 Å². The number of para-hydroxylation sites is 1. The van der Waals surface area contributed by atoms with E-state index in [1.165, 1.54) is 23.2 Å². The minimum Gasteiger partial charge on any atom is -0.369 e. The molecule has 1 aromatic carbocycles. The molecular formula is C22H36N4O. The van der Waals surface area contributed by atoms with Crippen LogP contribution in [0.2, 0.25) is 0 Å². The Morgan fingerprint density at radius 3 is 2.11 bits per heavy atom. The summed E-state index contributed by atoms with van der Waals surface area (Å²) in [4.78, 5) is 22.1. The minimum atomic E-state index is 0.305. The van der Waals surface area contributed by atoms with Crippen LogP contribution in [0.3, 0.4) is 0 Å². The van der Waals surface area contributed by atoms with Crippen molar-refractivity contribution in [2.75, 3.05) is 63.8 Å². The lowest BCUT2D eigenvalue weighted by molar-refractivity contribution is -0.134. The van der Waals surface area contributed by atoms with Crippen molar-refractivity contribution < 1.29 is 4.79 Å². The Morgan fingerprint density at radius 2 is 1.56 bits per heavy atom. The summed E-state index contributed by atoms with van der Waals surface area (Å²) in [5, 5.41) is 0. The first-order valence-corrected chi connectivity index (χ1v) is 10.5. The van der Waals surface area contributed by atoms with Crippen LogP contribution in [0.5, 0.6) is 0 Å². The van der Waals surface area contributed by atoms with Crippen molar-refractivity contribution >= 4 is 11.6 Å². The third-order valence-corrected chi connectivity index (χ3v) is 6.37. The van der Waals surface area contributed by atoms with Gasteiger partial charge in [0.1, 0.15) is 0 Å². The van der Waals surface area contributed by atoms with Crippen molar-refractivity contribution in [3.63, 3.8) is 0 Å². The molecule has 1 amide bonds. The molecule has 0 aliphatic carbocycles. The molecule has 2 aliphatic heterocycles. The zero-order valence-corrected chi connectivity index (χ0v) is 17.6. The van der Waals surface area contributed by atoms with E-state index in [4.69, 9.17) is 0 Å². The Bertz CT molecular complexity index is 611. The lowest BCUT2D eigenvalue weighted by Gasteiger charge is -2.40. The molecule has 0 aromatic heterocycles. The van der Waals surface area contributed by atoms with Crippen LogP contribution >= 0.6 is 0 Å². The largest absolute Gasteiger partial charge is 0.369 e. The predicted octanol–water partition coefficient (Wildman–Crippen LogP) is 2.37. The molecular weight excluding hydrogens is 336 g/mol. The molecule has 0 N–H and O–H groups in total. The van der Waals surface area contributed by atoms with Gasteiger partial charge >= 0.3 is 0 Å². The molecule has 0 radical (unpaired) electrons. The first kappa shape index (κ1) is 20.2. The highest BCUT2D eigenvalue weighted by Crippen LogP contribution is 2.25. The van der Waals surface area contributed by atoms with Crippen LogP contribution in [0.15, 0.2) is 18.2 Å². The SMILES string of the molecule is CCC(C)N1CCN(C(=O)CN2CCN(c3c(C)cccc3C)CC2)CC1. The molecule has 2 aliphatic rings. The standard InChI is InChI=1S/C22H36N4O/c1-5-20(4)24-13-15-25(16-14-24)21(27)17-23-9-11-26(12-10-23)22-18(2)7-6-8-19(22)3/h6-8,20H,5,9-17H2,1-4H3. The molecule has 1 unspecified atom stereocenters. The van der Waals surface area contributed by atoms with Gasteiger partial charge in [-0.3, -0.25) is 14.6 Å². The highest BCUT2D eigenvalue weighted by molar-refractivity contribution is 5.78. The van der Waals surface area contributed by atoms with Gasteiger partial charge in [0.05, 0.1) is 6.54 Å². The molecule has 2 saturated heterocycles. The smallest absolute Gasteiger partial charge is 0.236 e. The number of nitrogens with zero attached hydrogens (tertiary/aromatic N) is 4. The summed E-state index contributed by atoms with van der Waals surface area (Å²) in [6.45, 7) is 17.2. The highest BCUT2D eigenvalue weighted by Gasteiger charge is 2.26. The summed E-state index contributed by atoms with van der Waals surface area (Å²) in [6.07, 6.45) is 1.18. The van der Waals surface area contributed by atoms with Crippen LogP contribution in [-0.2, 0) is 4.79 Å². The second-order valence-electron chi connectivity index (χ2n) is 8.18. The lowest BCUT2D eigenvalue weighted by atomic mass is 10.1. The van der Waals surface area contributed by atoms with Crippen molar-refractivity contribution in [1.29, 1.82) is 0 Å². The first-order chi connectivity index (χ1) is 13.0. The molecule has 3 rings (SSSR count). The van der Waals surface area contributed by atoms with E-state index in [9.17, 15) is 4.79 Å². The molecule has 2 fully saturated rings. The van der Waals surface area contributed by atoms with Crippen molar-refractivity contribution in [2.24, 2.45) is 0 Å². The monoisotopic (exact) mass is 372 g/mol. The van der Waals surface area contributed by atoms with E-state index in [2.05, 4.69) is 65.5 Å². The Hall–Kier alpha value is -1.59. The van der Waals surface area contributed by atoms with E-state index in [1.54, 1.807) is 0 Å². The van der Waals surface area contributed by atoms with Gasteiger partial charge in [-0.2, -0.15) is 0 Å². The number of piperazine rings is 2. The number of amides is 1. The molecule has 150 valence electrons. The number of hydrogen-bond donors (Lipinski definition) is 0. The van der Waals surface area contributed by atoms with E-state index in [0.717, 1.165) is 52.4 Å². The van der Waals surface area contributed by atoms with Gasteiger partial charge in [0.15, 0.2) is 0 Å². The summed E-state index contributed by atoms with van der Waals surface area (Å²) in [5.74, 6) is 0.305. The maximum Gasteiger partial charge on any atom is 0.236 e. The van der Waals surface area contributed by atoms with Gasteiger partial charge in [-0.25, -0.2) is 0 Å². The van der Waals surface area contributed by atoms with E-state index in [-0.39, 0.29) is 0 Å². The van der Waals surface area contributed by atoms with Crippen molar-refractivity contribution in [1.82, 2.24) is 14.7 Å². The van der Waals surface area contributed by atoms with E-state index >= 15 is 0 Å². The number of carbonyl (C=O) groups excluding carboxylic acids is 1. The Morgan fingerprint density at radius 1 is 0.963 bits per heavy atom. The van der Waals surface area contributed by atoms with Crippen LogP contribution < -0.4 is 4.90 Å². The van der Waals surface area contributed by atoms with Crippen LogP contribution in [0.4, 0.5) is 5.69 Å². The number of benzene rings is 1. The summed E-state index contributed by atoms with van der Waals surface area (Å²) < 4.78 is 0. The minimum absolute atomic E-state index is 0.305. The molecule has 5 heteroatoms. The molecule has 27 heavy (non-hydrogen) atoms. The van der Waals surface area contributed by atoms with Gasteiger partial charge in [0, 0.05) is 64.1 Å². The van der Waals surface area contributed by atoms with Crippen molar-refractivity contribution in [3.8, 4) is 0 Å². The molecule has 0 saturated carbocycles. The van der Waals surface area contributed by atoms with Crippen LogP contribution in [0.25, 0.3) is 0 Å². The molecule has 5 nitrogen and oxygen atoms in total. The molecule has 0 bridgehead atoms. The zero-order valence-electron chi connectivity index (χ0n) is 17.6. The predicted molar refractivity (Wildman–Crippen MR) is 112 cm³/mol. The van der Waals surface area contributed by atoms with Gasteiger partial charge in [-0.1, -0.05) is 25.1 Å². The maximum absolute atomic E-state index is 12.7. The summed E-state index contributed by atoms with van der Waals surface area (Å²) >= 11 is 0. The van der Waals surface area contributed by atoms with E-state index < -0.39 is 0 Å². The fourth-order valence-corrected chi connectivity index (χ4v) is 4.40. The molecule has 0 spiro atoms. The second kappa shape index (κ2) is 9.07. The normalized spacial score (nSPS) is 20.7. The van der Waals surface area contributed by atoms with Gasteiger partial charge < -0.3 is 9.80 Å².